The van der Waals surface area contributed by atoms with Gasteiger partial charge >= 0.3 is 5.97 Å². The van der Waals surface area contributed by atoms with Crippen LogP contribution in [0.4, 0.5) is 5.69 Å². The normalized spacial score (nSPS) is 20.9. The molecule has 0 saturated heterocycles. The average molecular weight is 273 g/mol. The zero-order valence-electron chi connectivity index (χ0n) is 11.7. The summed E-state index contributed by atoms with van der Waals surface area (Å²) in [6.07, 6.45) is 4.41. The molecule has 0 radical (unpaired) electrons. The van der Waals surface area contributed by atoms with Crippen molar-refractivity contribution >= 4 is 23.6 Å². The predicted octanol–water partition coefficient (Wildman–Crippen LogP) is 2.94. The van der Waals surface area contributed by atoms with Gasteiger partial charge in [-0.1, -0.05) is 19.9 Å². The number of rotatable bonds is 5. The highest BCUT2D eigenvalue weighted by Gasteiger charge is 2.39. The molecule has 4 heteroatoms. The van der Waals surface area contributed by atoms with Crippen LogP contribution in [0.25, 0.3) is 6.08 Å². The SMILES string of the molecule is CCc1cc(/C=C/C(=O)O)ccc1NC(=O)C1CC1C. The monoisotopic (exact) mass is 273 g/mol. The number of carboxylic acid groups (broad SMARTS) is 1. The van der Waals surface area contributed by atoms with E-state index in [0.717, 1.165) is 35.7 Å². The molecule has 2 N–H and O–H groups in total. The van der Waals surface area contributed by atoms with Crippen LogP contribution in [0.15, 0.2) is 24.3 Å². The number of nitrogens with one attached hydrogen (secondary N) is 1. The van der Waals surface area contributed by atoms with E-state index in [-0.39, 0.29) is 11.8 Å². The van der Waals surface area contributed by atoms with E-state index in [0.29, 0.717) is 5.92 Å². The smallest absolute Gasteiger partial charge is 0.328 e. The molecule has 2 unspecified atom stereocenters. The lowest BCUT2D eigenvalue weighted by atomic mass is 10.1. The quantitative estimate of drug-likeness (QED) is 0.811. The third-order valence-corrected chi connectivity index (χ3v) is 3.63. The first-order valence-electron chi connectivity index (χ1n) is 6.86. The lowest BCUT2D eigenvalue weighted by Gasteiger charge is -2.10. The number of hydrogen-bond donors (Lipinski definition) is 2. The Morgan fingerprint density at radius 1 is 1.45 bits per heavy atom. The second-order valence-electron chi connectivity index (χ2n) is 5.25. The van der Waals surface area contributed by atoms with Crippen LogP contribution in [0.2, 0.25) is 0 Å². The number of hydrogen-bond acceptors (Lipinski definition) is 2. The van der Waals surface area contributed by atoms with Crippen molar-refractivity contribution in [3.05, 3.63) is 35.4 Å². The molecule has 0 aliphatic heterocycles. The van der Waals surface area contributed by atoms with Crippen LogP contribution in [0.5, 0.6) is 0 Å². The summed E-state index contributed by atoms with van der Waals surface area (Å²) in [5.74, 6) is -0.256. The summed E-state index contributed by atoms with van der Waals surface area (Å²) in [6, 6.07) is 5.56. The number of carbonyl (C=O) groups is 2. The van der Waals surface area contributed by atoms with Gasteiger partial charge in [-0.15, -0.1) is 0 Å². The molecule has 0 bridgehead atoms. The van der Waals surface area contributed by atoms with E-state index >= 15 is 0 Å². The van der Waals surface area contributed by atoms with Crippen LogP contribution in [-0.4, -0.2) is 17.0 Å². The Morgan fingerprint density at radius 3 is 2.70 bits per heavy atom. The first-order valence-corrected chi connectivity index (χ1v) is 6.86. The summed E-state index contributed by atoms with van der Waals surface area (Å²) in [5.41, 5.74) is 2.66. The van der Waals surface area contributed by atoms with Crippen LogP contribution in [0.1, 0.15) is 31.4 Å². The largest absolute Gasteiger partial charge is 0.478 e. The second kappa shape index (κ2) is 5.90. The van der Waals surface area contributed by atoms with Gasteiger partial charge in [0.25, 0.3) is 0 Å². The Hall–Kier alpha value is -2.10. The molecule has 0 heterocycles. The first-order chi connectivity index (χ1) is 9.51. The molecule has 106 valence electrons. The molecule has 1 amide bonds. The zero-order chi connectivity index (χ0) is 14.7. The Labute approximate surface area is 118 Å². The Balaban J connectivity index is 2.13. The molecule has 1 saturated carbocycles. The minimum absolute atomic E-state index is 0.0843. The molecule has 1 aliphatic rings. The second-order valence-corrected chi connectivity index (χ2v) is 5.25. The highest BCUT2D eigenvalue weighted by atomic mass is 16.4. The van der Waals surface area contributed by atoms with Crippen LogP contribution in [0.3, 0.4) is 0 Å². The third kappa shape index (κ3) is 3.47. The highest BCUT2D eigenvalue weighted by molar-refractivity contribution is 5.95. The Bertz CT molecular complexity index is 563. The van der Waals surface area contributed by atoms with Crippen molar-refractivity contribution in [3.8, 4) is 0 Å². The van der Waals surface area contributed by atoms with Crippen molar-refractivity contribution in [2.75, 3.05) is 5.32 Å². The van der Waals surface area contributed by atoms with Crippen LogP contribution >= 0.6 is 0 Å². The summed E-state index contributed by atoms with van der Waals surface area (Å²) in [6.45, 7) is 4.08. The number of carboxylic acids is 1. The summed E-state index contributed by atoms with van der Waals surface area (Å²) in [7, 11) is 0. The van der Waals surface area contributed by atoms with Gasteiger partial charge in [0.1, 0.15) is 0 Å². The van der Waals surface area contributed by atoms with Gasteiger partial charge in [0, 0.05) is 17.7 Å². The molecule has 20 heavy (non-hydrogen) atoms. The maximum atomic E-state index is 12.0. The standard InChI is InChI=1S/C16H19NO3/c1-3-12-9-11(5-7-15(18)19)4-6-14(12)17-16(20)13-8-10(13)2/h4-7,9-10,13H,3,8H2,1-2H3,(H,17,20)(H,18,19)/b7-5+. The van der Waals surface area contributed by atoms with Crippen molar-refractivity contribution in [3.63, 3.8) is 0 Å². The molecule has 0 aromatic heterocycles. The molecule has 4 nitrogen and oxygen atoms in total. The highest BCUT2D eigenvalue weighted by Crippen LogP contribution is 2.38. The molecular formula is C16H19NO3. The van der Waals surface area contributed by atoms with Gasteiger partial charge in [0.15, 0.2) is 0 Å². The van der Waals surface area contributed by atoms with E-state index in [1.165, 1.54) is 0 Å². The predicted molar refractivity (Wildman–Crippen MR) is 78.4 cm³/mol. The Kier molecular flexibility index (Phi) is 4.23. The van der Waals surface area contributed by atoms with Gasteiger partial charge in [0.2, 0.25) is 5.91 Å². The van der Waals surface area contributed by atoms with Gasteiger partial charge in [-0.2, -0.15) is 0 Å². The van der Waals surface area contributed by atoms with Gasteiger partial charge < -0.3 is 10.4 Å². The maximum absolute atomic E-state index is 12.0. The zero-order valence-corrected chi connectivity index (χ0v) is 11.7. The van der Waals surface area contributed by atoms with Gasteiger partial charge in [0.05, 0.1) is 0 Å². The van der Waals surface area contributed by atoms with Crippen LogP contribution in [0, 0.1) is 11.8 Å². The molecule has 1 aliphatic carbocycles. The van der Waals surface area contributed by atoms with E-state index in [9.17, 15) is 9.59 Å². The van der Waals surface area contributed by atoms with Crippen LogP contribution < -0.4 is 5.32 Å². The van der Waals surface area contributed by atoms with Crippen molar-refractivity contribution in [1.82, 2.24) is 0 Å². The van der Waals surface area contributed by atoms with E-state index < -0.39 is 5.97 Å². The molecule has 1 aromatic rings. The first kappa shape index (κ1) is 14.3. The van der Waals surface area contributed by atoms with E-state index in [1.807, 2.05) is 25.1 Å². The lowest BCUT2D eigenvalue weighted by molar-refractivity contribution is -0.131. The number of carbonyl (C=O) groups excluding carboxylic acids is 1. The maximum Gasteiger partial charge on any atom is 0.328 e. The number of amides is 1. The summed E-state index contributed by atoms with van der Waals surface area (Å²) in [5, 5.41) is 11.6. The number of aliphatic carboxylic acids is 1. The van der Waals surface area contributed by atoms with E-state index in [2.05, 4.69) is 12.2 Å². The van der Waals surface area contributed by atoms with Crippen molar-refractivity contribution in [1.29, 1.82) is 0 Å². The van der Waals surface area contributed by atoms with Crippen molar-refractivity contribution in [2.45, 2.75) is 26.7 Å². The van der Waals surface area contributed by atoms with Gasteiger partial charge in [-0.3, -0.25) is 4.79 Å². The minimum atomic E-state index is -0.969. The average Bonchev–Trinajstić information content (AvgIpc) is 3.14. The number of benzene rings is 1. The molecule has 2 atom stereocenters. The van der Waals surface area contributed by atoms with Crippen LogP contribution in [-0.2, 0) is 16.0 Å². The fraction of sp³-hybridized carbons (Fsp3) is 0.375. The lowest BCUT2D eigenvalue weighted by Crippen LogP contribution is -2.15. The molecular weight excluding hydrogens is 254 g/mol. The summed E-state index contributed by atoms with van der Waals surface area (Å²) >= 11 is 0. The number of anilines is 1. The summed E-state index contributed by atoms with van der Waals surface area (Å²) in [4.78, 5) is 22.5. The van der Waals surface area contributed by atoms with Crippen molar-refractivity contribution < 1.29 is 14.7 Å². The molecule has 2 rings (SSSR count). The summed E-state index contributed by atoms with van der Waals surface area (Å²) < 4.78 is 0. The molecule has 1 fully saturated rings. The van der Waals surface area contributed by atoms with Gasteiger partial charge in [-0.25, -0.2) is 4.79 Å². The van der Waals surface area contributed by atoms with E-state index in [1.54, 1.807) is 6.08 Å². The minimum Gasteiger partial charge on any atom is -0.478 e. The van der Waals surface area contributed by atoms with Crippen molar-refractivity contribution in [2.24, 2.45) is 11.8 Å². The molecule has 0 spiro atoms. The van der Waals surface area contributed by atoms with Gasteiger partial charge in [-0.05, 0) is 48.1 Å². The molecule has 1 aromatic carbocycles. The fourth-order valence-corrected chi connectivity index (χ4v) is 2.21. The van der Waals surface area contributed by atoms with E-state index in [4.69, 9.17) is 5.11 Å². The third-order valence-electron chi connectivity index (χ3n) is 3.63. The number of aryl methyl sites for hydroxylation is 1. The topological polar surface area (TPSA) is 66.4 Å². The fourth-order valence-electron chi connectivity index (χ4n) is 2.21. The Morgan fingerprint density at radius 2 is 2.15 bits per heavy atom.